The summed E-state index contributed by atoms with van der Waals surface area (Å²) in [6, 6.07) is 1.94. The van der Waals surface area contributed by atoms with Crippen LogP contribution in [0.3, 0.4) is 0 Å². The largest absolute Gasteiger partial charge is 0.382 e. The number of nitrogens with zero attached hydrogens (tertiary/aromatic N) is 3. The van der Waals surface area contributed by atoms with Gasteiger partial charge < -0.3 is 15.0 Å². The summed E-state index contributed by atoms with van der Waals surface area (Å²) in [5.74, 6) is 0.576. The second-order valence-electron chi connectivity index (χ2n) is 5.73. The number of aromatic nitrogens is 2. The van der Waals surface area contributed by atoms with Crippen LogP contribution in [-0.2, 0) is 14.3 Å². The van der Waals surface area contributed by atoms with E-state index in [4.69, 9.17) is 4.74 Å². The summed E-state index contributed by atoms with van der Waals surface area (Å²) in [5, 5.41) is 7.00. The standard InChI is InChI=1S/C15H24N4O3/c1-11(22-3)4-5-15(21)18-8-6-13(10-18)19-9-7-14(17-19)16-12(2)20/h7,9,11,13H,4-6,8,10H2,1-3H3,(H,16,17,20)/t11-,13+/m0/s1. The SMILES string of the molecule is CO[C@@H](C)CCC(=O)N1CC[C@@H](n2ccc(NC(C)=O)n2)C1. The van der Waals surface area contributed by atoms with Crippen molar-refractivity contribution in [2.24, 2.45) is 0 Å². The third-order valence-corrected chi connectivity index (χ3v) is 3.97. The van der Waals surface area contributed by atoms with E-state index in [1.807, 2.05) is 22.7 Å². The summed E-state index contributed by atoms with van der Waals surface area (Å²) >= 11 is 0. The first kappa shape index (κ1) is 16.5. The van der Waals surface area contributed by atoms with Crippen LogP contribution in [0.2, 0.25) is 0 Å². The molecule has 0 aliphatic carbocycles. The number of likely N-dealkylation sites (tertiary alicyclic amines) is 1. The molecule has 7 nitrogen and oxygen atoms in total. The summed E-state index contributed by atoms with van der Waals surface area (Å²) in [6.07, 6.45) is 4.08. The van der Waals surface area contributed by atoms with E-state index in [9.17, 15) is 9.59 Å². The third-order valence-electron chi connectivity index (χ3n) is 3.97. The van der Waals surface area contributed by atoms with Crippen LogP contribution in [-0.4, -0.2) is 52.8 Å². The summed E-state index contributed by atoms with van der Waals surface area (Å²) < 4.78 is 7.00. The monoisotopic (exact) mass is 308 g/mol. The van der Waals surface area contributed by atoms with Gasteiger partial charge in [-0.3, -0.25) is 14.3 Å². The molecule has 1 aliphatic heterocycles. The average Bonchev–Trinajstić information content (AvgIpc) is 3.12. The molecular formula is C15H24N4O3. The zero-order chi connectivity index (χ0) is 16.1. The van der Waals surface area contributed by atoms with Gasteiger partial charge in [0.15, 0.2) is 5.82 Å². The fraction of sp³-hybridized carbons (Fsp3) is 0.667. The number of carbonyl (C=O) groups is 2. The van der Waals surface area contributed by atoms with Crippen molar-refractivity contribution >= 4 is 17.6 Å². The number of rotatable bonds is 6. The molecule has 1 aromatic rings. The van der Waals surface area contributed by atoms with Crippen LogP contribution in [0.5, 0.6) is 0 Å². The van der Waals surface area contributed by atoms with Gasteiger partial charge in [0.05, 0.1) is 12.1 Å². The van der Waals surface area contributed by atoms with E-state index in [1.165, 1.54) is 6.92 Å². The van der Waals surface area contributed by atoms with Gasteiger partial charge in [-0.05, 0) is 19.8 Å². The second kappa shape index (κ2) is 7.40. The number of nitrogens with one attached hydrogen (secondary N) is 1. The van der Waals surface area contributed by atoms with Crippen LogP contribution in [0.15, 0.2) is 12.3 Å². The van der Waals surface area contributed by atoms with Crippen LogP contribution >= 0.6 is 0 Å². The molecule has 2 amide bonds. The van der Waals surface area contributed by atoms with Gasteiger partial charge in [-0.1, -0.05) is 0 Å². The molecule has 0 bridgehead atoms. The Bertz CT molecular complexity index is 529. The maximum absolute atomic E-state index is 12.2. The van der Waals surface area contributed by atoms with Gasteiger partial charge in [0.2, 0.25) is 11.8 Å². The average molecular weight is 308 g/mol. The number of methoxy groups -OCH3 is 1. The first-order valence-corrected chi connectivity index (χ1v) is 7.63. The van der Waals surface area contributed by atoms with Crippen molar-refractivity contribution in [1.29, 1.82) is 0 Å². The predicted octanol–water partition coefficient (Wildman–Crippen LogP) is 1.43. The Balaban J connectivity index is 1.85. The zero-order valence-electron chi connectivity index (χ0n) is 13.4. The number of carbonyl (C=O) groups excluding carboxylic acids is 2. The Kier molecular flexibility index (Phi) is 5.54. The molecule has 0 radical (unpaired) electrons. The molecule has 2 atom stereocenters. The highest BCUT2D eigenvalue weighted by Gasteiger charge is 2.27. The highest BCUT2D eigenvalue weighted by atomic mass is 16.5. The lowest BCUT2D eigenvalue weighted by molar-refractivity contribution is -0.130. The van der Waals surface area contributed by atoms with Gasteiger partial charge in [-0.2, -0.15) is 5.10 Å². The molecule has 22 heavy (non-hydrogen) atoms. The first-order valence-electron chi connectivity index (χ1n) is 7.63. The fourth-order valence-electron chi connectivity index (χ4n) is 2.58. The Hall–Kier alpha value is -1.89. The second-order valence-corrected chi connectivity index (χ2v) is 5.73. The molecule has 7 heteroatoms. The van der Waals surface area contributed by atoms with Crippen molar-refractivity contribution < 1.29 is 14.3 Å². The fourth-order valence-corrected chi connectivity index (χ4v) is 2.58. The van der Waals surface area contributed by atoms with E-state index in [1.54, 1.807) is 13.2 Å². The van der Waals surface area contributed by atoms with E-state index in [-0.39, 0.29) is 24.0 Å². The number of hydrogen-bond donors (Lipinski definition) is 1. The summed E-state index contributed by atoms with van der Waals surface area (Å²) in [7, 11) is 1.66. The molecule has 1 N–H and O–H groups in total. The zero-order valence-corrected chi connectivity index (χ0v) is 13.4. The molecular weight excluding hydrogens is 284 g/mol. The minimum Gasteiger partial charge on any atom is -0.382 e. The molecule has 0 unspecified atom stereocenters. The van der Waals surface area contributed by atoms with Crippen LogP contribution in [0, 0.1) is 0 Å². The Labute approximate surface area is 130 Å². The quantitative estimate of drug-likeness (QED) is 0.862. The molecule has 2 heterocycles. The minimum atomic E-state index is -0.138. The van der Waals surface area contributed by atoms with Gasteiger partial charge >= 0.3 is 0 Å². The molecule has 0 aromatic carbocycles. The van der Waals surface area contributed by atoms with Crippen molar-refractivity contribution in [1.82, 2.24) is 14.7 Å². The highest BCUT2D eigenvalue weighted by Crippen LogP contribution is 2.23. The molecule has 1 aliphatic rings. The van der Waals surface area contributed by atoms with Gasteiger partial charge in [0.25, 0.3) is 0 Å². The van der Waals surface area contributed by atoms with Gasteiger partial charge in [-0.15, -0.1) is 0 Å². The van der Waals surface area contributed by atoms with Crippen molar-refractivity contribution in [3.63, 3.8) is 0 Å². The van der Waals surface area contributed by atoms with E-state index >= 15 is 0 Å². The molecule has 0 spiro atoms. The maximum atomic E-state index is 12.2. The number of ether oxygens (including phenoxy) is 1. The maximum Gasteiger partial charge on any atom is 0.222 e. The third kappa shape index (κ3) is 4.30. The van der Waals surface area contributed by atoms with E-state index in [0.29, 0.717) is 18.8 Å². The smallest absolute Gasteiger partial charge is 0.222 e. The number of anilines is 1. The van der Waals surface area contributed by atoms with Crippen LogP contribution in [0.25, 0.3) is 0 Å². The van der Waals surface area contributed by atoms with Gasteiger partial charge in [0, 0.05) is 45.8 Å². The lowest BCUT2D eigenvalue weighted by Gasteiger charge is -2.17. The summed E-state index contributed by atoms with van der Waals surface area (Å²) in [5.41, 5.74) is 0. The molecule has 0 saturated carbocycles. The number of hydrogen-bond acceptors (Lipinski definition) is 4. The topological polar surface area (TPSA) is 76.5 Å². The molecule has 122 valence electrons. The Morgan fingerprint density at radius 2 is 2.32 bits per heavy atom. The minimum absolute atomic E-state index is 0.105. The van der Waals surface area contributed by atoms with Crippen molar-refractivity contribution in [2.45, 2.75) is 45.3 Å². The van der Waals surface area contributed by atoms with Crippen LogP contribution in [0.4, 0.5) is 5.82 Å². The van der Waals surface area contributed by atoms with Crippen molar-refractivity contribution in [3.05, 3.63) is 12.3 Å². The molecule has 2 rings (SSSR count). The van der Waals surface area contributed by atoms with E-state index in [2.05, 4.69) is 10.4 Å². The molecule has 1 aromatic heterocycles. The normalized spacial score (nSPS) is 19.2. The Morgan fingerprint density at radius 3 is 3.00 bits per heavy atom. The van der Waals surface area contributed by atoms with Crippen molar-refractivity contribution in [2.75, 3.05) is 25.5 Å². The van der Waals surface area contributed by atoms with Crippen LogP contribution < -0.4 is 5.32 Å². The van der Waals surface area contributed by atoms with Gasteiger partial charge in [-0.25, -0.2) is 0 Å². The lowest BCUT2D eigenvalue weighted by Crippen LogP contribution is -2.29. The van der Waals surface area contributed by atoms with E-state index < -0.39 is 0 Å². The van der Waals surface area contributed by atoms with Gasteiger partial charge in [0.1, 0.15) is 0 Å². The summed E-state index contributed by atoms with van der Waals surface area (Å²) in [4.78, 5) is 25.1. The van der Waals surface area contributed by atoms with Crippen LogP contribution in [0.1, 0.15) is 39.2 Å². The Morgan fingerprint density at radius 1 is 1.55 bits per heavy atom. The lowest BCUT2D eigenvalue weighted by atomic mass is 10.2. The summed E-state index contributed by atoms with van der Waals surface area (Å²) in [6.45, 7) is 4.84. The number of amides is 2. The molecule has 1 fully saturated rings. The highest BCUT2D eigenvalue weighted by molar-refractivity contribution is 5.87. The predicted molar refractivity (Wildman–Crippen MR) is 82.5 cm³/mol. The van der Waals surface area contributed by atoms with Crippen molar-refractivity contribution in [3.8, 4) is 0 Å². The molecule has 1 saturated heterocycles. The van der Waals surface area contributed by atoms with E-state index in [0.717, 1.165) is 19.4 Å². The first-order chi connectivity index (χ1) is 10.5.